The second-order valence-electron chi connectivity index (χ2n) is 8.45. The van der Waals surface area contributed by atoms with Crippen LogP contribution < -0.4 is 4.72 Å². The number of aliphatic hydroxyl groups is 1. The molecule has 0 aliphatic carbocycles. The predicted molar refractivity (Wildman–Crippen MR) is 119 cm³/mol. The quantitative estimate of drug-likeness (QED) is 0.600. The van der Waals surface area contributed by atoms with Gasteiger partial charge in [0.05, 0.1) is 23.7 Å². The first-order valence-electron chi connectivity index (χ1n) is 9.88. The number of benzene rings is 2. The fourth-order valence-electron chi connectivity index (χ4n) is 3.27. The third kappa shape index (κ3) is 6.09. The number of nitrogens with one attached hydrogen (secondary N) is 1. The molecule has 2 aromatic carbocycles. The number of amides is 1. The smallest absolute Gasteiger partial charge is 0.234 e. The molecule has 0 atom stereocenters. The van der Waals surface area contributed by atoms with Crippen molar-refractivity contribution in [1.82, 2.24) is 4.72 Å². The summed E-state index contributed by atoms with van der Waals surface area (Å²) in [5.74, 6) is 0.358. The topological polar surface area (TPSA) is 73.1 Å². The second kappa shape index (κ2) is 9.47. The van der Waals surface area contributed by atoms with Gasteiger partial charge in [0, 0.05) is 4.90 Å². The molecule has 1 amide bonds. The third-order valence-corrected chi connectivity index (χ3v) is 5.67. The van der Waals surface area contributed by atoms with Gasteiger partial charge in [0.15, 0.2) is 0 Å². The molecule has 29 heavy (non-hydrogen) atoms. The maximum atomic E-state index is 12.7. The van der Waals surface area contributed by atoms with Crippen molar-refractivity contribution in [2.45, 2.75) is 70.3 Å². The highest BCUT2D eigenvalue weighted by atomic mass is 32.2. The summed E-state index contributed by atoms with van der Waals surface area (Å²) in [5.41, 5.74) is 3.63. The molecule has 0 spiro atoms. The van der Waals surface area contributed by atoms with E-state index in [1.165, 1.54) is 11.9 Å². The number of rotatable bonds is 7. The van der Waals surface area contributed by atoms with Crippen LogP contribution in [0.4, 0.5) is 0 Å². The summed E-state index contributed by atoms with van der Waals surface area (Å²) in [4.78, 5) is 13.6. The lowest BCUT2D eigenvalue weighted by atomic mass is 9.85. The van der Waals surface area contributed by atoms with E-state index in [0.29, 0.717) is 5.56 Å². The maximum Gasteiger partial charge on any atom is 0.234 e. The molecule has 5 heteroatoms. The Morgan fingerprint density at radius 3 is 2.21 bits per heavy atom. The molecule has 0 saturated heterocycles. The summed E-state index contributed by atoms with van der Waals surface area (Å²) in [5, 5.41) is 19.5. The molecular weight excluding hydrogens is 380 g/mol. The zero-order valence-electron chi connectivity index (χ0n) is 18.0. The van der Waals surface area contributed by atoms with Gasteiger partial charge in [0.1, 0.15) is 0 Å². The molecule has 2 N–H and O–H groups in total. The van der Waals surface area contributed by atoms with E-state index >= 15 is 0 Å². The van der Waals surface area contributed by atoms with Crippen molar-refractivity contribution >= 4 is 17.9 Å². The van der Waals surface area contributed by atoms with E-state index in [1.54, 1.807) is 13.8 Å². The molecular formula is C24H30N2O2S. The molecule has 2 aromatic rings. The van der Waals surface area contributed by atoms with Crippen molar-refractivity contribution in [1.29, 1.82) is 5.26 Å². The van der Waals surface area contributed by atoms with Crippen molar-refractivity contribution in [3.05, 3.63) is 64.2 Å². The van der Waals surface area contributed by atoms with Crippen LogP contribution in [0, 0.1) is 11.3 Å². The highest BCUT2D eigenvalue weighted by molar-refractivity contribution is 7.98. The molecule has 0 unspecified atom stereocenters. The van der Waals surface area contributed by atoms with Crippen LogP contribution in [0.3, 0.4) is 0 Å². The lowest BCUT2D eigenvalue weighted by Crippen LogP contribution is -2.21. The summed E-state index contributed by atoms with van der Waals surface area (Å²) >= 11 is 1.25. The van der Waals surface area contributed by atoms with Gasteiger partial charge in [-0.25, -0.2) is 0 Å². The number of nitrogens with zero attached hydrogens (tertiary/aromatic N) is 1. The normalized spacial score (nSPS) is 11.6. The van der Waals surface area contributed by atoms with E-state index in [2.05, 4.69) is 38.5 Å². The van der Waals surface area contributed by atoms with Crippen molar-refractivity contribution in [3.8, 4) is 6.07 Å². The van der Waals surface area contributed by atoms with Gasteiger partial charge in [-0.2, -0.15) is 5.26 Å². The average molecular weight is 411 g/mol. The maximum absolute atomic E-state index is 12.7. The SMILES string of the molecule is CC(C)c1cc(C#N)cc(C(C)C)c1CC(=O)NSc1cccc(C(C)(C)O)c1. The highest BCUT2D eigenvalue weighted by Crippen LogP contribution is 2.30. The second-order valence-corrected chi connectivity index (χ2v) is 9.33. The zero-order valence-corrected chi connectivity index (χ0v) is 18.9. The van der Waals surface area contributed by atoms with Gasteiger partial charge in [-0.05, 0) is 84.2 Å². The van der Waals surface area contributed by atoms with Gasteiger partial charge in [-0.15, -0.1) is 0 Å². The Labute approximate surface area is 178 Å². The van der Waals surface area contributed by atoms with Crippen LogP contribution in [0.2, 0.25) is 0 Å². The first kappa shape index (κ1) is 23.0. The van der Waals surface area contributed by atoms with E-state index in [9.17, 15) is 15.2 Å². The first-order chi connectivity index (χ1) is 13.5. The van der Waals surface area contributed by atoms with Crippen LogP contribution >= 0.6 is 11.9 Å². The largest absolute Gasteiger partial charge is 0.386 e. The molecule has 0 saturated carbocycles. The van der Waals surface area contributed by atoms with Crippen LogP contribution in [0.5, 0.6) is 0 Å². The molecule has 4 nitrogen and oxygen atoms in total. The number of carbonyl (C=O) groups is 1. The predicted octanol–water partition coefficient (Wildman–Crippen LogP) is 5.40. The Balaban J connectivity index is 2.22. The molecule has 0 aromatic heterocycles. The molecule has 2 rings (SSSR count). The summed E-state index contributed by atoms with van der Waals surface area (Å²) in [6.07, 6.45) is 0.269. The number of hydrogen-bond acceptors (Lipinski definition) is 4. The Bertz CT molecular complexity index is 892. The van der Waals surface area contributed by atoms with Gasteiger partial charge >= 0.3 is 0 Å². The van der Waals surface area contributed by atoms with Crippen molar-refractivity contribution in [3.63, 3.8) is 0 Å². The monoisotopic (exact) mass is 410 g/mol. The molecule has 0 bridgehead atoms. The minimum Gasteiger partial charge on any atom is -0.386 e. The minimum absolute atomic E-state index is 0.0860. The summed E-state index contributed by atoms with van der Waals surface area (Å²) < 4.78 is 2.92. The van der Waals surface area contributed by atoms with Crippen molar-refractivity contribution in [2.75, 3.05) is 0 Å². The average Bonchev–Trinajstić information content (AvgIpc) is 2.65. The number of hydrogen-bond donors (Lipinski definition) is 2. The van der Waals surface area contributed by atoms with Gasteiger partial charge in [-0.1, -0.05) is 39.8 Å². The molecule has 0 radical (unpaired) electrons. The van der Waals surface area contributed by atoms with Crippen LogP contribution in [0.15, 0.2) is 41.3 Å². The van der Waals surface area contributed by atoms with Crippen molar-refractivity contribution < 1.29 is 9.90 Å². The molecule has 0 aliphatic heterocycles. The standard InChI is InChI=1S/C24H30N2O2S/c1-15(2)20-10-17(14-25)11-21(16(3)4)22(20)13-23(27)26-29-19-9-7-8-18(12-19)24(5,6)28/h7-12,15-16,28H,13H2,1-6H3,(H,26,27). The van der Waals surface area contributed by atoms with E-state index in [-0.39, 0.29) is 24.2 Å². The Morgan fingerprint density at radius 2 is 1.72 bits per heavy atom. The van der Waals surface area contributed by atoms with Gasteiger partial charge in [-0.3, -0.25) is 9.52 Å². The first-order valence-corrected chi connectivity index (χ1v) is 10.7. The summed E-state index contributed by atoms with van der Waals surface area (Å²) in [6, 6.07) is 13.6. The van der Waals surface area contributed by atoms with Crippen LogP contribution in [-0.4, -0.2) is 11.0 Å². The Hall–Kier alpha value is -2.29. The van der Waals surface area contributed by atoms with E-state index in [1.807, 2.05) is 36.4 Å². The lowest BCUT2D eigenvalue weighted by Gasteiger charge is -2.20. The third-order valence-electron chi connectivity index (χ3n) is 4.85. The zero-order chi connectivity index (χ0) is 21.8. The van der Waals surface area contributed by atoms with E-state index in [4.69, 9.17) is 0 Å². The molecule has 0 fully saturated rings. The fourth-order valence-corrected chi connectivity index (χ4v) is 3.91. The summed E-state index contributed by atoms with van der Waals surface area (Å²) in [6.45, 7) is 11.8. The van der Waals surface area contributed by atoms with Crippen LogP contribution in [-0.2, 0) is 16.8 Å². The highest BCUT2D eigenvalue weighted by Gasteiger charge is 2.19. The Kier molecular flexibility index (Phi) is 7.51. The van der Waals surface area contributed by atoms with Gasteiger partial charge < -0.3 is 5.11 Å². The number of carbonyl (C=O) groups excluding carboxylic acids is 1. The van der Waals surface area contributed by atoms with E-state index in [0.717, 1.165) is 27.1 Å². The van der Waals surface area contributed by atoms with Crippen LogP contribution in [0.1, 0.15) is 81.2 Å². The van der Waals surface area contributed by atoms with Gasteiger partial charge in [0.25, 0.3) is 0 Å². The molecule has 0 aliphatic rings. The van der Waals surface area contributed by atoms with Crippen LogP contribution in [0.25, 0.3) is 0 Å². The Morgan fingerprint density at radius 1 is 1.14 bits per heavy atom. The van der Waals surface area contributed by atoms with Crippen molar-refractivity contribution in [2.24, 2.45) is 0 Å². The molecule has 154 valence electrons. The minimum atomic E-state index is -0.929. The van der Waals surface area contributed by atoms with Gasteiger partial charge in [0.2, 0.25) is 5.91 Å². The lowest BCUT2D eigenvalue weighted by molar-refractivity contribution is -0.118. The molecule has 0 heterocycles. The summed E-state index contributed by atoms with van der Waals surface area (Å²) in [7, 11) is 0. The number of nitriles is 1. The fraction of sp³-hybridized carbons (Fsp3) is 0.417. The van der Waals surface area contributed by atoms with E-state index < -0.39 is 5.60 Å².